The van der Waals surface area contributed by atoms with Crippen LogP contribution in [0.5, 0.6) is 5.75 Å². The van der Waals surface area contributed by atoms with Crippen molar-refractivity contribution < 1.29 is 9.53 Å². The molecule has 80 valence electrons. The number of ether oxygens (including phenoxy) is 1. The first-order valence-electron chi connectivity index (χ1n) is 5.42. The first-order chi connectivity index (χ1) is 7.09. The normalized spacial score (nSPS) is 20.0. The van der Waals surface area contributed by atoms with Crippen LogP contribution in [-0.4, -0.2) is 11.9 Å². The van der Waals surface area contributed by atoms with E-state index in [4.69, 9.17) is 4.74 Å². The monoisotopic (exact) mass is 204 g/mol. The van der Waals surface area contributed by atoms with Crippen LogP contribution in [0, 0.1) is 0 Å². The number of hydrogen-bond donors (Lipinski definition) is 0. The number of carbonyl (C=O) groups is 1. The Labute approximate surface area is 90.3 Å². The first-order valence-corrected chi connectivity index (χ1v) is 5.42. The van der Waals surface area contributed by atoms with Crippen molar-refractivity contribution in [1.82, 2.24) is 0 Å². The zero-order chi connectivity index (χ0) is 11.0. The molecule has 0 saturated heterocycles. The molecule has 2 heteroatoms. The Kier molecular flexibility index (Phi) is 2.51. The van der Waals surface area contributed by atoms with E-state index in [0.29, 0.717) is 12.3 Å². The van der Waals surface area contributed by atoms with Gasteiger partial charge in [-0.15, -0.1) is 0 Å². The van der Waals surface area contributed by atoms with Crippen molar-refractivity contribution in [2.45, 2.75) is 39.2 Å². The third-order valence-corrected chi connectivity index (χ3v) is 2.76. The van der Waals surface area contributed by atoms with Gasteiger partial charge < -0.3 is 4.74 Å². The van der Waals surface area contributed by atoms with Gasteiger partial charge in [-0.05, 0) is 24.5 Å². The number of hydrogen-bond acceptors (Lipinski definition) is 2. The van der Waals surface area contributed by atoms with Crippen molar-refractivity contribution >= 4 is 5.78 Å². The molecule has 0 aromatic heterocycles. The van der Waals surface area contributed by atoms with Gasteiger partial charge in [-0.2, -0.15) is 0 Å². The molecule has 1 unspecified atom stereocenters. The zero-order valence-electron chi connectivity index (χ0n) is 9.41. The smallest absolute Gasteiger partial charge is 0.170 e. The number of carbonyl (C=O) groups excluding carboxylic acids is 1. The fourth-order valence-corrected chi connectivity index (χ4v) is 1.97. The summed E-state index contributed by atoms with van der Waals surface area (Å²) >= 11 is 0. The van der Waals surface area contributed by atoms with E-state index in [9.17, 15) is 4.79 Å². The van der Waals surface area contributed by atoms with Crippen LogP contribution in [0.2, 0.25) is 0 Å². The Morgan fingerprint density at radius 3 is 2.80 bits per heavy atom. The summed E-state index contributed by atoms with van der Waals surface area (Å²) in [6.07, 6.45) is 0.499. The maximum absolute atomic E-state index is 11.8. The number of ketones is 1. The lowest BCUT2D eigenvalue weighted by molar-refractivity contribution is 0.0868. The lowest BCUT2D eigenvalue weighted by Gasteiger charge is -2.25. The molecule has 0 fully saturated rings. The van der Waals surface area contributed by atoms with E-state index in [-0.39, 0.29) is 11.9 Å². The number of fused-ring (bicyclic) bond motifs is 1. The van der Waals surface area contributed by atoms with Gasteiger partial charge >= 0.3 is 0 Å². The van der Waals surface area contributed by atoms with Gasteiger partial charge in [0.25, 0.3) is 0 Å². The van der Waals surface area contributed by atoms with E-state index in [2.05, 4.69) is 13.8 Å². The highest BCUT2D eigenvalue weighted by molar-refractivity contribution is 6.00. The van der Waals surface area contributed by atoms with Gasteiger partial charge in [0.15, 0.2) is 5.78 Å². The predicted molar refractivity (Wildman–Crippen MR) is 59.6 cm³/mol. The minimum absolute atomic E-state index is 0.00454. The molecule has 0 amide bonds. The van der Waals surface area contributed by atoms with Crippen LogP contribution in [0.4, 0.5) is 0 Å². The van der Waals surface area contributed by atoms with Gasteiger partial charge in [0.2, 0.25) is 0 Å². The van der Waals surface area contributed by atoms with Crippen LogP contribution in [-0.2, 0) is 0 Å². The second-order valence-corrected chi connectivity index (χ2v) is 4.43. The number of Topliss-reactive ketones (excluding diaryl/α,β-unsaturated/α-hetero) is 1. The van der Waals surface area contributed by atoms with Crippen molar-refractivity contribution in [2.24, 2.45) is 0 Å². The van der Waals surface area contributed by atoms with Crippen molar-refractivity contribution in [3.63, 3.8) is 0 Å². The number of rotatable bonds is 1. The van der Waals surface area contributed by atoms with E-state index in [1.54, 1.807) is 0 Å². The largest absolute Gasteiger partial charge is 0.489 e. The first kappa shape index (κ1) is 10.2. The van der Waals surface area contributed by atoms with E-state index in [0.717, 1.165) is 16.9 Å². The fourth-order valence-electron chi connectivity index (χ4n) is 1.97. The lowest BCUT2D eigenvalue weighted by atomic mass is 9.94. The molecule has 0 spiro atoms. The van der Waals surface area contributed by atoms with Gasteiger partial charge in [0, 0.05) is 6.42 Å². The molecule has 2 nitrogen and oxygen atoms in total. The highest BCUT2D eigenvalue weighted by Crippen LogP contribution is 2.35. The molecular weight excluding hydrogens is 188 g/mol. The summed E-state index contributed by atoms with van der Waals surface area (Å²) in [6.45, 7) is 6.17. The highest BCUT2D eigenvalue weighted by Gasteiger charge is 2.26. The molecule has 0 aliphatic carbocycles. The van der Waals surface area contributed by atoms with E-state index in [1.165, 1.54) is 0 Å². The molecular formula is C13H16O2. The minimum Gasteiger partial charge on any atom is -0.489 e. The zero-order valence-corrected chi connectivity index (χ0v) is 9.41. The summed E-state index contributed by atoms with van der Waals surface area (Å²) < 4.78 is 5.77. The molecule has 1 aromatic carbocycles. The third kappa shape index (κ3) is 1.76. The quantitative estimate of drug-likeness (QED) is 0.702. The fraction of sp³-hybridized carbons (Fsp3) is 0.462. The summed E-state index contributed by atoms with van der Waals surface area (Å²) in [5, 5.41) is 0. The molecule has 0 N–H and O–H groups in total. The Morgan fingerprint density at radius 2 is 2.13 bits per heavy atom. The predicted octanol–water partition coefficient (Wildman–Crippen LogP) is 3.16. The molecule has 1 atom stereocenters. The number of benzene rings is 1. The minimum atomic E-state index is 0.00454. The van der Waals surface area contributed by atoms with Gasteiger partial charge in [-0.25, -0.2) is 0 Å². The summed E-state index contributed by atoms with van der Waals surface area (Å²) in [5.74, 6) is 1.39. The maximum atomic E-state index is 11.8. The van der Waals surface area contributed by atoms with Crippen LogP contribution in [0.15, 0.2) is 18.2 Å². The molecule has 1 aliphatic rings. The van der Waals surface area contributed by atoms with E-state index >= 15 is 0 Å². The Hall–Kier alpha value is -1.31. The van der Waals surface area contributed by atoms with Crippen LogP contribution >= 0.6 is 0 Å². The Bertz CT molecular complexity index is 394. The van der Waals surface area contributed by atoms with Crippen molar-refractivity contribution in [3.8, 4) is 5.75 Å². The van der Waals surface area contributed by atoms with Crippen LogP contribution in [0.25, 0.3) is 0 Å². The number of para-hydroxylation sites is 1. The molecule has 0 bridgehead atoms. The van der Waals surface area contributed by atoms with Crippen molar-refractivity contribution in [2.75, 3.05) is 0 Å². The van der Waals surface area contributed by atoms with Gasteiger partial charge in [0.05, 0.1) is 5.56 Å². The topological polar surface area (TPSA) is 26.3 Å². The molecule has 2 rings (SSSR count). The van der Waals surface area contributed by atoms with Crippen LogP contribution < -0.4 is 4.74 Å². The summed E-state index contributed by atoms with van der Waals surface area (Å²) in [5.41, 5.74) is 1.88. The van der Waals surface area contributed by atoms with Crippen LogP contribution in [0.1, 0.15) is 49.0 Å². The average molecular weight is 204 g/mol. The molecule has 1 aliphatic heterocycles. The molecule has 0 radical (unpaired) electrons. The second-order valence-electron chi connectivity index (χ2n) is 4.43. The third-order valence-electron chi connectivity index (χ3n) is 2.76. The van der Waals surface area contributed by atoms with Crippen LogP contribution in [0.3, 0.4) is 0 Å². The highest BCUT2D eigenvalue weighted by atomic mass is 16.5. The summed E-state index contributed by atoms with van der Waals surface area (Å²) in [4.78, 5) is 11.8. The second kappa shape index (κ2) is 3.69. The lowest BCUT2D eigenvalue weighted by Crippen LogP contribution is -2.25. The maximum Gasteiger partial charge on any atom is 0.170 e. The average Bonchev–Trinajstić information content (AvgIpc) is 2.16. The summed E-state index contributed by atoms with van der Waals surface area (Å²) in [7, 11) is 0. The molecule has 15 heavy (non-hydrogen) atoms. The van der Waals surface area contributed by atoms with Crippen molar-refractivity contribution in [3.05, 3.63) is 29.3 Å². The van der Waals surface area contributed by atoms with Gasteiger partial charge in [-0.3, -0.25) is 4.79 Å². The van der Waals surface area contributed by atoms with E-state index in [1.807, 2.05) is 25.1 Å². The SMILES string of the molecule is CC1CC(=O)c2cccc(C(C)C)c2O1. The summed E-state index contributed by atoms with van der Waals surface area (Å²) in [6, 6.07) is 5.83. The molecule has 0 saturated carbocycles. The van der Waals surface area contributed by atoms with Crippen molar-refractivity contribution in [1.29, 1.82) is 0 Å². The van der Waals surface area contributed by atoms with Gasteiger partial charge in [-0.1, -0.05) is 26.0 Å². The van der Waals surface area contributed by atoms with E-state index < -0.39 is 0 Å². The molecule has 1 aromatic rings. The Balaban J connectivity index is 2.54. The Morgan fingerprint density at radius 1 is 1.40 bits per heavy atom. The standard InChI is InChI=1S/C13H16O2/c1-8(2)10-5-4-6-11-12(14)7-9(3)15-13(10)11/h4-6,8-9H,7H2,1-3H3. The molecule has 1 heterocycles. The van der Waals surface area contributed by atoms with Gasteiger partial charge in [0.1, 0.15) is 11.9 Å².